The Bertz CT molecular complexity index is 764. The standard InChI is InChI=1S/C26H40O6/c1-9-14(5)11-20(28)31-19-12-18(13(3)4)23-21(16(19)7)25(24(29)22(23)17(8)27)32-26(30)15(6)10-2/h11,13,15,17-19,21-23,25,27H,7,9-10,12H2,1-6,8H3. The fraction of sp³-hybridized carbons (Fsp3) is 0.731. The fourth-order valence-electron chi connectivity index (χ4n) is 5.14. The second kappa shape index (κ2) is 10.8. The van der Waals surface area contributed by atoms with Crippen molar-refractivity contribution in [2.24, 2.45) is 35.5 Å². The van der Waals surface area contributed by atoms with Gasteiger partial charge in [0, 0.05) is 12.0 Å². The smallest absolute Gasteiger partial charge is 0.331 e. The van der Waals surface area contributed by atoms with Gasteiger partial charge in [-0.1, -0.05) is 46.8 Å². The molecule has 0 radical (unpaired) electrons. The van der Waals surface area contributed by atoms with Gasteiger partial charge in [-0.05, 0) is 56.4 Å². The number of hydrogen-bond donors (Lipinski definition) is 1. The van der Waals surface area contributed by atoms with Crippen LogP contribution in [-0.2, 0) is 23.9 Å². The summed E-state index contributed by atoms with van der Waals surface area (Å²) in [6, 6.07) is 0. The van der Waals surface area contributed by atoms with Crippen molar-refractivity contribution in [1.82, 2.24) is 0 Å². The average molecular weight is 449 g/mol. The Hall–Kier alpha value is -1.95. The molecule has 0 spiro atoms. The molecule has 2 aliphatic carbocycles. The van der Waals surface area contributed by atoms with Crippen LogP contribution in [-0.4, -0.2) is 41.1 Å². The predicted molar refractivity (Wildman–Crippen MR) is 123 cm³/mol. The van der Waals surface area contributed by atoms with E-state index in [0.29, 0.717) is 18.4 Å². The number of ketones is 1. The van der Waals surface area contributed by atoms with Crippen LogP contribution >= 0.6 is 0 Å². The molecule has 0 aromatic heterocycles. The average Bonchev–Trinajstić information content (AvgIpc) is 3.01. The Balaban J connectivity index is 2.44. The maximum absolute atomic E-state index is 13.4. The molecule has 2 saturated carbocycles. The SMILES string of the molecule is C=C1C(OC(=O)C=C(C)CC)CC(C(C)C)C2C(C(C)O)C(=O)C(OC(=O)C(C)CC)C12. The van der Waals surface area contributed by atoms with Crippen molar-refractivity contribution in [3.8, 4) is 0 Å². The third kappa shape index (κ3) is 5.33. The molecule has 0 amide bonds. The minimum absolute atomic E-state index is 0.00963. The van der Waals surface area contributed by atoms with Gasteiger partial charge in [0.2, 0.25) is 0 Å². The van der Waals surface area contributed by atoms with Gasteiger partial charge in [-0.25, -0.2) is 4.79 Å². The Morgan fingerprint density at radius 1 is 1.19 bits per heavy atom. The highest BCUT2D eigenvalue weighted by molar-refractivity contribution is 5.92. The zero-order valence-electron chi connectivity index (χ0n) is 20.6. The quantitative estimate of drug-likeness (QED) is 0.339. The van der Waals surface area contributed by atoms with Crippen LogP contribution in [0.5, 0.6) is 0 Å². The lowest BCUT2D eigenvalue weighted by Gasteiger charge is -2.44. The number of rotatable bonds is 8. The highest BCUT2D eigenvalue weighted by Gasteiger charge is 2.60. The van der Waals surface area contributed by atoms with Gasteiger partial charge in [0.25, 0.3) is 0 Å². The van der Waals surface area contributed by atoms with Gasteiger partial charge in [0.05, 0.1) is 17.9 Å². The number of aliphatic hydroxyl groups is 1. The number of carbonyl (C=O) groups is 3. The summed E-state index contributed by atoms with van der Waals surface area (Å²) in [6.45, 7) is 17.5. The minimum atomic E-state index is -1.01. The van der Waals surface area contributed by atoms with E-state index in [0.717, 1.165) is 12.0 Å². The lowest BCUT2D eigenvalue weighted by Crippen LogP contribution is -2.45. The summed E-state index contributed by atoms with van der Waals surface area (Å²) in [5.41, 5.74) is 1.52. The zero-order valence-corrected chi connectivity index (χ0v) is 20.6. The number of fused-ring (bicyclic) bond motifs is 1. The Labute approximate surface area is 192 Å². The van der Waals surface area contributed by atoms with Crippen molar-refractivity contribution in [1.29, 1.82) is 0 Å². The molecule has 180 valence electrons. The van der Waals surface area contributed by atoms with Gasteiger partial charge in [-0.15, -0.1) is 0 Å². The van der Waals surface area contributed by atoms with Gasteiger partial charge in [-0.3, -0.25) is 9.59 Å². The minimum Gasteiger partial charge on any atom is -0.455 e. The molecule has 0 aliphatic heterocycles. The van der Waals surface area contributed by atoms with E-state index in [1.165, 1.54) is 6.08 Å². The lowest BCUT2D eigenvalue weighted by molar-refractivity contribution is -0.161. The lowest BCUT2D eigenvalue weighted by atomic mass is 9.63. The van der Waals surface area contributed by atoms with Crippen LogP contribution in [0.4, 0.5) is 0 Å². The molecular weight excluding hydrogens is 408 g/mol. The van der Waals surface area contributed by atoms with Crippen molar-refractivity contribution < 1.29 is 29.0 Å². The first-order chi connectivity index (χ1) is 14.9. The summed E-state index contributed by atoms with van der Waals surface area (Å²) in [5, 5.41) is 10.5. The summed E-state index contributed by atoms with van der Waals surface area (Å²) in [4.78, 5) is 38.5. The Kier molecular flexibility index (Phi) is 8.86. The van der Waals surface area contributed by atoms with E-state index >= 15 is 0 Å². The molecule has 0 saturated heterocycles. The number of Topliss-reactive ketones (excluding diaryl/α,β-unsaturated/α-hetero) is 1. The highest BCUT2D eigenvalue weighted by atomic mass is 16.6. The van der Waals surface area contributed by atoms with Crippen molar-refractivity contribution in [2.75, 3.05) is 0 Å². The number of ether oxygens (including phenoxy) is 2. The summed E-state index contributed by atoms with van der Waals surface area (Å²) >= 11 is 0. The number of allylic oxidation sites excluding steroid dienone is 1. The molecule has 8 atom stereocenters. The summed E-state index contributed by atoms with van der Waals surface area (Å²) in [6.07, 6.45) is 0.926. The molecule has 32 heavy (non-hydrogen) atoms. The number of carbonyl (C=O) groups excluding carboxylic acids is 3. The predicted octanol–water partition coefficient (Wildman–Crippen LogP) is 4.26. The van der Waals surface area contributed by atoms with Crippen LogP contribution in [0.15, 0.2) is 23.8 Å². The van der Waals surface area contributed by atoms with Crippen LogP contribution in [0, 0.1) is 35.5 Å². The van der Waals surface area contributed by atoms with E-state index < -0.39 is 42.1 Å². The van der Waals surface area contributed by atoms with E-state index in [1.54, 1.807) is 13.8 Å². The molecule has 6 heteroatoms. The van der Waals surface area contributed by atoms with Crippen LogP contribution in [0.1, 0.15) is 67.7 Å². The molecule has 0 aromatic rings. The van der Waals surface area contributed by atoms with Crippen LogP contribution in [0.25, 0.3) is 0 Å². The topological polar surface area (TPSA) is 89.9 Å². The van der Waals surface area contributed by atoms with Crippen LogP contribution in [0.2, 0.25) is 0 Å². The molecule has 6 nitrogen and oxygen atoms in total. The first-order valence-corrected chi connectivity index (χ1v) is 11.9. The molecule has 2 fully saturated rings. The largest absolute Gasteiger partial charge is 0.455 e. The summed E-state index contributed by atoms with van der Waals surface area (Å²) in [7, 11) is 0. The van der Waals surface area contributed by atoms with E-state index in [-0.39, 0.29) is 29.5 Å². The Morgan fingerprint density at radius 2 is 1.81 bits per heavy atom. The first-order valence-electron chi connectivity index (χ1n) is 11.9. The van der Waals surface area contributed by atoms with E-state index in [4.69, 9.17) is 9.47 Å². The summed E-state index contributed by atoms with van der Waals surface area (Å²) in [5.74, 6) is -2.59. The maximum atomic E-state index is 13.4. The third-order valence-corrected chi connectivity index (χ3v) is 7.40. The summed E-state index contributed by atoms with van der Waals surface area (Å²) < 4.78 is 11.5. The van der Waals surface area contributed by atoms with Crippen molar-refractivity contribution in [3.63, 3.8) is 0 Å². The normalized spacial score (nSPS) is 32.5. The number of aliphatic hydroxyl groups excluding tert-OH is 1. The monoisotopic (exact) mass is 448 g/mol. The van der Waals surface area contributed by atoms with Gasteiger partial charge in [0.15, 0.2) is 11.9 Å². The van der Waals surface area contributed by atoms with Gasteiger partial charge in [0.1, 0.15) is 6.10 Å². The van der Waals surface area contributed by atoms with E-state index in [1.807, 2.05) is 20.8 Å². The van der Waals surface area contributed by atoms with Crippen molar-refractivity contribution >= 4 is 17.7 Å². The van der Waals surface area contributed by atoms with Gasteiger partial charge < -0.3 is 14.6 Å². The van der Waals surface area contributed by atoms with Crippen molar-refractivity contribution in [3.05, 3.63) is 23.8 Å². The van der Waals surface area contributed by atoms with Crippen molar-refractivity contribution in [2.45, 2.75) is 86.0 Å². The molecule has 0 aromatic carbocycles. The number of hydrogen-bond acceptors (Lipinski definition) is 6. The molecule has 0 bridgehead atoms. The molecule has 2 aliphatic rings. The third-order valence-electron chi connectivity index (χ3n) is 7.40. The van der Waals surface area contributed by atoms with Crippen LogP contribution in [0.3, 0.4) is 0 Å². The first kappa shape index (κ1) is 26.3. The second-order valence-electron chi connectivity index (χ2n) is 9.93. The fourth-order valence-corrected chi connectivity index (χ4v) is 5.14. The number of esters is 2. The maximum Gasteiger partial charge on any atom is 0.331 e. The molecule has 2 rings (SSSR count). The van der Waals surface area contributed by atoms with Crippen LogP contribution < -0.4 is 0 Å². The van der Waals surface area contributed by atoms with Gasteiger partial charge in [-0.2, -0.15) is 0 Å². The van der Waals surface area contributed by atoms with E-state index in [9.17, 15) is 19.5 Å². The zero-order chi connectivity index (χ0) is 24.3. The van der Waals surface area contributed by atoms with E-state index in [2.05, 4.69) is 20.4 Å². The Morgan fingerprint density at radius 3 is 2.31 bits per heavy atom. The highest BCUT2D eigenvalue weighted by Crippen LogP contribution is 2.54. The molecule has 1 N–H and O–H groups in total. The molecular formula is C26H40O6. The molecule has 8 unspecified atom stereocenters. The second-order valence-corrected chi connectivity index (χ2v) is 9.93. The van der Waals surface area contributed by atoms with Gasteiger partial charge >= 0.3 is 11.9 Å². The molecule has 0 heterocycles.